The molecule has 2 aromatic rings. The first-order valence-corrected chi connectivity index (χ1v) is 7.91. The van der Waals surface area contributed by atoms with Gasteiger partial charge in [-0.2, -0.15) is 0 Å². The Morgan fingerprint density at radius 3 is 2.20 bits per heavy atom. The number of benzene rings is 2. The van der Waals surface area contributed by atoms with Crippen molar-refractivity contribution in [1.29, 1.82) is 0 Å². The standard InChI is InChI=1S/C20H23NO4/c1-14(15-6-11-18(24-3)19(13-15)25-4)5-12-20(22)21-16-7-9-17(23-2)10-8-16/h6-11,13H,1,5,12H2,2-4H3,(H,21,22). The molecule has 25 heavy (non-hydrogen) atoms. The lowest BCUT2D eigenvalue weighted by Gasteiger charge is -2.11. The quantitative estimate of drug-likeness (QED) is 0.784. The molecular weight excluding hydrogens is 318 g/mol. The zero-order valence-electron chi connectivity index (χ0n) is 14.8. The van der Waals surface area contributed by atoms with Crippen molar-refractivity contribution in [1.82, 2.24) is 0 Å². The summed E-state index contributed by atoms with van der Waals surface area (Å²) >= 11 is 0. The molecule has 0 aliphatic rings. The van der Waals surface area contributed by atoms with E-state index in [-0.39, 0.29) is 5.91 Å². The molecule has 132 valence electrons. The number of methoxy groups -OCH3 is 3. The molecular formula is C20H23NO4. The number of anilines is 1. The molecule has 0 saturated heterocycles. The minimum absolute atomic E-state index is 0.0632. The van der Waals surface area contributed by atoms with E-state index in [2.05, 4.69) is 11.9 Å². The number of ether oxygens (including phenoxy) is 3. The van der Waals surface area contributed by atoms with Gasteiger partial charge in [0, 0.05) is 12.1 Å². The first kappa shape index (κ1) is 18.4. The highest BCUT2D eigenvalue weighted by Crippen LogP contribution is 2.31. The van der Waals surface area contributed by atoms with E-state index >= 15 is 0 Å². The molecule has 0 atom stereocenters. The topological polar surface area (TPSA) is 56.8 Å². The van der Waals surface area contributed by atoms with Gasteiger partial charge in [0.05, 0.1) is 21.3 Å². The van der Waals surface area contributed by atoms with E-state index in [1.807, 2.05) is 18.2 Å². The fourth-order valence-electron chi connectivity index (χ4n) is 2.36. The summed E-state index contributed by atoms with van der Waals surface area (Å²) in [7, 11) is 4.79. The second-order valence-electron chi connectivity index (χ2n) is 5.45. The number of rotatable bonds is 8. The maximum Gasteiger partial charge on any atom is 0.224 e. The molecule has 0 aliphatic heterocycles. The van der Waals surface area contributed by atoms with Gasteiger partial charge in [-0.15, -0.1) is 0 Å². The number of amides is 1. The molecule has 0 spiro atoms. The largest absolute Gasteiger partial charge is 0.497 e. The molecule has 5 nitrogen and oxygen atoms in total. The predicted molar refractivity (Wildman–Crippen MR) is 99.4 cm³/mol. The Balaban J connectivity index is 1.91. The first-order chi connectivity index (χ1) is 12.1. The first-order valence-electron chi connectivity index (χ1n) is 7.91. The molecule has 0 aromatic heterocycles. The summed E-state index contributed by atoms with van der Waals surface area (Å²) in [5, 5.41) is 2.86. The van der Waals surface area contributed by atoms with Gasteiger partial charge in [-0.3, -0.25) is 4.79 Å². The summed E-state index contributed by atoms with van der Waals surface area (Å²) in [5.74, 6) is 1.99. The number of allylic oxidation sites excluding steroid dienone is 1. The van der Waals surface area contributed by atoms with Crippen LogP contribution in [-0.4, -0.2) is 27.2 Å². The SMILES string of the molecule is C=C(CCC(=O)Nc1ccc(OC)cc1)c1ccc(OC)c(OC)c1. The summed E-state index contributed by atoms with van der Waals surface area (Å²) < 4.78 is 15.6. The van der Waals surface area contributed by atoms with Crippen LogP contribution in [0.3, 0.4) is 0 Å². The van der Waals surface area contributed by atoms with E-state index in [1.54, 1.807) is 45.6 Å². The molecule has 0 heterocycles. The van der Waals surface area contributed by atoms with E-state index in [4.69, 9.17) is 14.2 Å². The normalized spacial score (nSPS) is 10.0. The molecule has 1 amide bonds. The Hall–Kier alpha value is -2.95. The molecule has 0 fully saturated rings. The highest BCUT2D eigenvalue weighted by atomic mass is 16.5. The van der Waals surface area contributed by atoms with Crippen molar-refractivity contribution in [3.8, 4) is 17.2 Å². The zero-order valence-corrected chi connectivity index (χ0v) is 14.8. The number of carbonyl (C=O) groups is 1. The summed E-state index contributed by atoms with van der Waals surface area (Å²) in [6.45, 7) is 4.06. The van der Waals surface area contributed by atoms with Gasteiger partial charge in [-0.1, -0.05) is 12.6 Å². The van der Waals surface area contributed by atoms with Crippen molar-refractivity contribution in [3.05, 3.63) is 54.6 Å². The highest BCUT2D eigenvalue weighted by molar-refractivity contribution is 5.91. The predicted octanol–water partition coefficient (Wildman–Crippen LogP) is 4.14. The Morgan fingerprint density at radius 2 is 1.60 bits per heavy atom. The van der Waals surface area contributed by atoms with Crippen LogP contribution in [0.25, 0.3) is 5.57 Å². The van der Waals surface area contributed by atoms with Gasteiger partial charge in [0.2, 0.25) is 5.91 Å². The van der Waals surface area contributed by atoms with Gasteiger partial charge in [0.25, 0.3) is 0 Å². The number of carbonyl (C=O) groups excluding carboxylic acids is 1. The van der Waals surface area contributed by atoms with Crippen molar-refractivity contribution >= 4 is 17.2 Å². The van der Waals surface area contributed by atoms with E-state index in [1.165, 1.54) is 0 Å². The summed E-state index contributed by atoms with van der Waals surface area (Å²) in [6.07, 6.45) is 0.899. The van der Waals surface area contributed by atoms with Crippen LogP contribution in [0, 0.1) is 0 Å². The molecule has 1 N–H and O–H groups in total. The van der Waals surface area contributed by atoms with E-state index in [0.29, 0.717) is 24.3 Å². The van der Waals surface area contributed by atoms with Crippen molar-refractivity contribution in [2.75, 3.05) is 26.6 Å². The van der Waals surface area contributed by atoms with Gasteiger partial charge in [0.15, 0.2) is 11.5 Å². The Morgan fingerprint density at radius 1 is 0.920 bits per heavy atom. The minimum Gasteiger partial charge on any atom is -0.497 e. The van der Waals surface area contributed by atoms with Gasteiger partial charge in [-0.25, -0.2) is 0 Å². The summed E-state index contributed by atoms with van der Waals surface area (Å²) in [6, 6.07) is 12.8. The zero-order chi connectivity index (χ0) is 18.2. The van der Waals surface area contributed by atoms with Crippen LogP contribution < -0.4 is 19.5 Å². The molecule has 5 heteroatoms. The van der Waals surface area contributed by atoms with Gasteiger partial charge in [-0.05, 0) is 54.0 Å². The molecule has 0 unspecified atom stereocenters. The number of hydrogen-bond acceptors (Lipinski definition) is 4. The third-order valence-electron chi connectivity index (χ3n) is 3.82. The van der Waals surface area contributed by atoms with Crippen LogP contribution in [0.2, 0.25) is 0 Å². The van der Waals surface area contributed by atoms with Gasteiger partial charge in [0.1, 0.15) is 5.75 Å². The summed E-state index contributed by atoms with van der Waals surface area (Å²) in [5.41, 5.74) is 2.53. The average molecular weight is 341 g/mol. The fourth-order valence-corrected chi connectivity index (χ4v) is 2.36. The Bertz CT molecular complexity index is 738. The van der Waals surface area contributed by atoms with Crippen molar-refractivity contribution in [3.63, 3.8) is 0 Å². The third-order valence-corrected chi connectivity index (χ3v) is 3.82. The maximum absolute atomic E-state index is 12.1. The van der Waals surface area contributed by atoms with E-state index in [0.717, 1.165) is 22.6 Å². The van der Waals surface area contributed by atoms with E-state index < -0.39 is 0 Å². The Labute approximate surface area is 148 Å². The van der Waals surface area contributed by atoms with Gasteiger partial charge >= 0.3 is 0 Å². The van der Waals surface area contributed by atoms with Crippen LogP contribution in [-0.2, 0) is 4.79 Å². The average Bonchev–Trinajstić information content (AvgIpc) is 2.66. The maximum atomic E-state index is 12.1. The van der Waals surface area contributed by atoms with Crippen molar-refractivity contribution in [2.24, 2.45) is 0 Å². The lowest BCUT2D eigenvalue weighted by Crippen LogP contribution is -2.11. The van der Waals surface area contributed by atoms with Crippen LogP contribution in [0.4, 0.5) is 5.69 Å². The van der Waals surface area contributed by atoms with Crippen LogP contribution in [0.5, 0.6) is 17.2 Å². The molecule has 0 saturated carbocycles. The second kappa shape index (κ2) is 8.78. The van der Waals surface area contributed by atoms with Crippen molar-refractivity contribution < 1.29 is 19.0 Å². The van der Waals surface area contributed by atoms with Gasteiger partial charge < -0.3 is 19.5 Å². The molecule has 0 radical (unpaired) electrons. The number of hydrogen-bond donors (Lipinski definition) is 1. The molecule has 0 aliphatic carbocycles. The fraction of sp³-hybridized carbons (Fsp3) is 0.250. The van der Waals surface area contributed by atoms with Crippen molar-refractivity contribution in [2.45, 2.75) is 12.8 Å². The molecule has 2 rings (SSSR count). The lowest BCUT2D eigenvalue weighted by atomic mass is 10.0. The monoisotopic (exact) mass is 341 g/mol. The Kier molecular flexibility index (Phi) is 6.46. The van der Waals surface area contributed by atoms with Crippen LogP contribution in [0.15, 0.2) is 49.0 Å². The van der Waals surface area contributed by atoms with E-state index in [9.17, 15) is 4.79 Å². The van der Waals surface area contributed by atoms with Crippen LogP contribution in [0.1, 0.15) is 18.4 Å². The molecule has 0 bridgehead atoms. The third kappa shape index (κ3) is 5.01. The summed E-state index contributed by atoms with van der Waals surface area (Å²) in [4.78, 5) is 12.1. The lowest BCUT2D eigenvalue weighted by molar-refractivity contribution is -0.116. The molecule has 2 aromatic carbocycles. The highest BCUT2D eigenvalue weighted by Gasteiger charge is 2.09. The number of nitrogens with one attached hydrogen (secondary N) is 1. The minimum atomic E-state index is -0.0632. The van der Waals surface area contributed by atoms with Crippen LogP contribution >= 0.6 is 0 Å². The second-order valence-corrected chi connectivity index (χ2v) is 5.45. The smallest absolute Gasteiger partial charge is 0.224 e.